The Labute approximate surface area is 217 Å². The molecule has 3 N–H and O–H groups in total. The fourth-order valence-electron chi connectivity index (χ4n) is 3.31. The number of ether oxygens (including phenoxy) is 3. The maximum absolute atomic E-state index is 12.3. The molecule has 10 nitrogen and oxygen atoms in total. The van der Waals surface area contributed by atoms with E-state index in [1.807, 2.05) is 60.7 Å². The van der Waals surface area contributed by atoms with Crippen LogP contribution in [-0.4, -0.2) is 50.3 Å². The quantitative estimate of drug-likeness (QED) is 0.189. The largest absolute Gasteiger partial charge is 0.467 e. The van der Waals surface area contributed by atoms with E-state index in [4.69, 9.17) is 14.2 Å². The van der Waals surface area contributed by atoms with E-state index in [1.54, 1.807) is 0 Å². The number of methoxy groups -OCH3 is 1. The molecule has 1 atom stereocenters. The van der Waals surface area contributed by atoms with Crippen molar-refractivity contribution >= 4 is 24.1 Å². The van der Waals surface area contributed by atoms with E-state index in [0.717, 1.165) is 11.1 Å². The number of nitrogens with one attached hydrogen (secondary N) is 3. The van der Waals surface area contributed by atoms with Crippen LogP contribution in [-0.2, 0) is 37.0 Å². The summed E-state index contributed by atoms with van der Waals surface area (Å²) in [6, 6.07) is 17.9. The number of carbonyl (C=O) groups is 4. The first kappa shape index (κ1) is 29.2. The Morgan fingerprint density at radius 1 is 0.730 bits per heavy atom. The predicted molar refractivity (Wildman–Crippen MR) is 136 cm³/mol. The topological polar surface area (TPSA) is 132 Å². The summed E-state index contributed by atoms with van der Waals surface area (Å²) in [6.07, 6.45) is 0.972. The highest BCUT2D eigenvalue weighted by atomic mass is 16.6. The highest BCUT2D eigenvalue weighted by Crippen LogP contribution is 2.05. The Morgan fingerprint density at radius 3 is 1.76 bits per heavy atom. The van der Waals surface area contributed by atoms with Crippen LogP contribution in [0.2, 0.25) is 0 Å². The average molecular weight is 514 g/mol. The van der Waals surface area contributed by atoms with Crippen molar-refractivity contribution in [3.05, 3.63) is 71.8 Å². The third kappa shape index (κ3) is 13.0. The summed E-state index contributed by atoms with van der Waals surface area (Å²) in [4.78, 5) is 47.8. The monoisotopic (exact) mass is 513 g/mol. The van der Waals surface area contributed by atoms with Crippen molar-refractivity contribution < 1.29 is 33.4 Å². The van der Waals surface area contributed by atoms with Crippen LogP contribution in [0.1, 0.15) is 43.2 Å². The zero-order valence-electron chi connectivity index (χ0n) is 21.1. The van der Waals surface area contributed by atoms with Gasteiger partial charge in [-0.2, -0.15) is 0 Å². The summed E-state index contributed by atoms with van der Waals surface area (Å²) in [5.41, 5.74) is 1.78. The molecule has 0 unspecified atom stereocenters. The van der Waals surface area contributed by atoms with E-state index in [9.17, 15) is 19.2 Å². The molecule has 0 radical (unpaired) electrons. The second-order valence-corrected chi connectivity index (χ2v) is 8.22. The van der Waals surface area contributed by atoms with Gasteiger partial charge in [0.1, 0.15) is 19.3 Å². The minimum absolute atomic E-state index is 0.126. The number of hydrogen-bond donors (Lipinski definition) is 3. The standard InChI is InChI=1S/C27H35N3O7/c1-35-25(32)23(15-8-9-17-28-26(33)36-19-21-11-4-2-5-12-21)30-24(31)16-10-18-29-27(34)37-20-22-13-6-3-7-14-22/h2-7,11-14,23H,8-10,15-20H2,1H3,(H,28,33)(H,29,34)(H,30,31)/t23-/m0/s1. The molecule has 0 heterocycles. The molecule has 37 heavy (non-hydrogen) atoms. The van der Waals surface area contributed by atoms with Gasteiger partial charge < -0.3 is 30.2 Å². The van der Waals surface area contributed by atoms with E-state index >= 15 is 0 Å². The number of amides is 3. The molecule has 0 spiro atoms. The highest BCUT2D eigenvalue weighted by molar-refractivity contribution is 5.84. The summed E-state index contributed by atoms with van der Waals surface area (Å²) in [5, 5.41) is 7.93. The molecule has 10 heteroatoms. The molecule has 0 fully saturated rings. The Kier molecular flexibility index (Phi) is 13.7. The second kappa shape index (κ2) is 17.4. The van der Waals surface area contributed by atoms with E-state index < -0.39 is 24.2 Å². The van der Waals surface area contributed by atoms with Gasteiger partial charge in [-0.3, -0.25) is 4.79 Å². The molecule has 3 amide bonds. The zero-order chi connectivity index (χ0) is 26.7. The van der Waals surface area contributed by atoms with Gasteiger partial charge in [0.15, 0.2) is 0 Å². The lowest BCUT2D eigenvalue weighted by atomic mass is 10.1. The molecule has 2 aromatic rings. The number of alkyl carbamates (subject to hydrolysis) is 2. The number of benzene rings is 2. The molecule has 0 bridgehead atoms. The number of rotatable bonds is 15. The van der Waals surface area contributed by atoms with Crippen LogP contribution in [0.4, 0.5) is 9.59 Å². The fraction of sp³-hybridized carbons (Fsp3) is 0.407. The molecule has 2 rings (SSSR count). The third-order valence-electron chi connectivity index (χ3n) is 5.29. The van der Waals surface area contributed by atoms with Crippen molar-refractivity contribution in [1.82, 2.24) is 16.0 Å². The van der Waals surface area contributed by atoms with Crippen LogP contribution in [0.5, 0.6) is 0 Å². The molecular weight excluding hydrogens is 478 g/mol. The lowest BCUT2D eigenvalue weighted by molar-refractivity contribution is -0.145. The lowest BCUT2D eigenvalue weighted by Crippen LogP contribution is -2.41. The molecule has 0 saturated heterocycles. The van der Waals surface area contributed by atoms with Crippen molar-refractivity contribution in [2.24, 2.45) is 0 Å². The van der Waals surface area contributed by atoms with Gasteiger partial charge in [0.2, 0.25) is 5.91 Å². The van der Waals surface area contributed by atoms with Gasteiger partial charge in [-0.15, -0.1) is 0 Å². The summed E-state index contributed by atoms with van der Waals surface area (Å²) >= 11 is 0. The average Bonchev–Trinajstić information content (AvgIpc) is 2.93. The van der Waals surface area contributed by atoms with Crippen molar-refractivity contribution in [2.45, 2.75) is 51.4 Å². The number of esters is 1. The van der Waals surface area contributed by atoms with E-state index in [0.29, 0.717) is 32.2 Å². The van der Waals surface area contributed by atoms with Crippen LogP contribution >= 0.6 is 0 Å². The summed E-state index contributed by atoms with van der Waals surface area (Å²) in [6.45, 7) is 0.989. The Morgan fingerprint density at radius 2 is 1.24 bits per heavy atom. The molecule has 200 valence electrons. The lowest BCUT2D eigenvalue weighted by Gasteiger charge is -2.16. The van der Waals surface area contributed by atoms with Crippen molar-refractivity contribution in [2.75, 3.05) is 20.2 Å². The van der Waals surface area contributed by atoms with E-state index in [-0.39, 0.29) is 32.1 Å². The molecule has 0 aliphatic rings. The van der Waals surface area contributed by atoms with Gasteiger partial charge in [0, 0.05) is 19.5 Å². The SMILES string of the molecule is COC(=O)[C@H](CCCCNC(=O)OCc1ccccc1)NC(=O)CCCNC(=O)OCc1ccccc1. The first-order chi connectivity index (χ1) is 18.0. The summed E-state index contributed by atoms with van der Waals surface area (Å²) < 4.78 is 15.0. The Hall–Kier alpha value is -4.08. The number of hydrogen-bond acceptors (Lipinski definition) is 7. The fourth-order valence-corrected chi connectivity index (χ4v) is 3.31. The Balaban J connectivity index is 1.56. The highest BCUT2D eigenvalue weighted by Gasteiger charge is 2.20. The van der Waals surface area contributed by atoms with Gasteiger partial charge in [-0.25, -0.2) is 14.4 Å². The maximum Gasteiger partial charge on any atom is 0.407 e. The van der Waals surface area contributed by atoms with Crippen molar-refractivity contribution in [3.8, 4) is 0 Å². The van der Waals surface area contributed by atoms with Crippen LogP contribution in [0.15, 0.2) is 60.7 Å². The van der Waals surface area contributed by atoms with Crippen LogP contribution < -0.4 is 16.0 Å². The van der Waals surface area contributed by atoms with Crippen LogP contribution in [0.3, 0.4) is 0 Å². The first-order valence-corrected chi connectivity index (χ1v) is 12.2. The molecule has 0 aliphatic heterocycles. The minimum Gasteiger partial charge on any atom is -0.467 e. The zero-order valence-corrected chi connectivity index (χ0v) is 21.1. The molecule has 0 aliphatic carbocycles. The predicted octanol–water partition coefficient (Wildman–Crippen LogP) is 3.45. The third-order valence-corrected chi connectivity index (χ3v) is 5.29. The number of unbranched alkanes of at least 4 members (excludes halogenated alkanes) is 1. The van der Waals surface area contributed by atoms with Crippen LogP contribution in [0.25, 0.3) is 0 Å². The van der Waals surface area contributed by atoms with Crippen molar-refractivity contribution in [1.29, 1.82) is 0 Å². The second-order valence-electron chi connectivity index (χ2n) is 8.22. The maximum atomic E-state index is 12.3. The number of carbonyl (C=O) groups excluding carboxylic acids is 4. The molecule has 0 aromatic heterocycles. The van der Waals surface area contributed by atoms with E-state index in [2.05, 4.69) is 16.0 Å². The van der Waals surface area contributed by atoms with Gasteiger partial charge >= 0.3 is 18.2 Å². The van der Waals surface area contributed by atoms with Crippen LogP contribution in [0, 0.1) is 0 Å². The normalized spacial score (nSPS) is 11.1. The van der Waals surface area contributed by atoms with Gasteiger partial charge in [-0.1, -0.05) is 60.7 Å². The van der Waals surface area contributed by atoms with Gasteiger partial charge in [0.05, 0.1) is 7.11 Å². The molecule has 2 aromatic carbocycles. The summed E-state index contributed by atoms with van der Waals surface area (Å²) in [7, 11) is 1.26. The Bertz CT molecular complexity index is 970. The van der Waals surface area contributed by atoms with Gasteiger partial charge in [-0.05, 0) is 36.8 Å². The van der Waals surface area contributed by atoms with E-state index in [1.165, 1.54) is 7.11 Å². The first-order valence-electron chi connectivity index (χ1n) is 12.2. The van der Waals surface area contributed by atoms with Gasteiger partial charge in [0.25, 0.3) is 0 Å². The minimum atomic E-state index is -0.786. The summed E-state index contributed by atoms with van der Waals surface area (Å²) in [5.74, 6) is -0.858. The smallest absolute Gasteiger partial charge is 0.407 e. The molecular formula is C27H35N3O7. The van der Waals surface area contributed by atoms with Crippen molar-refractivity contribution in [3.63, 3.8) is 0 Å². The molecule has 0 saturated carbocycles.